The Balaban J connectivity index is 2.21. The van der Waals surface area contributed by atoms with Gasteiger partial charge in [0.05, 0.1) is 11.4 Å². The largest absolute Gasteiger partial charge is 0.297 e. The molecule has 0 saturated carbocycles. The normalized spacial score (nSPS) is 18.2. The molecule has 1 aliphatic rings. The van der Waals surface area contributed by atoms with Crippen LogP contribution in [0, 0.1) is 6.92 Å². The molecule has 126 valence electrons. The standard InChI is InChI=1S/C18H16Cl2F2N2/c1-10-8-11(9-23-14(10)16(19)20)15-12-6-4-5-7-13(12)18(21,22)17(2,3)24-15/h4-9,16H,1-3H3. The Morgan fingerprint density at radius 1 is 1.12 bits per heavy atom. The number of hydrogen-bond acceptors (Lipinski definition) is 2. The number of alkyl halides is 4. The van der Waals surface area contributed by atoms with Crippen LogP contribution in [0.3, 0.4) is 0 Å². The third-order valence-electron chi connectivity index (χ3n) is 4.28. The molecule has 0 aliphatic carbocycles. The van der Waals surface area contributed by atoms with Gasteiger partial charge in [-0.25, -0.2) is 0 Å². The summed E-state index contributed by atoms with van der Waals surface area (Å²) in [6.07, 6.45) is 1.58. The SMILES string of the molecule is Cc1cc(C2=NC(C)(C)C(F)(F)c3ccccc32)cnc1C(Cl)Cl. The summed E-state index contributed by atoms with van der Waals surface area (Å²) in [5.41, 5.74) is 1.36. The number of hydrogen-bond donors (Lipinski definition) is 0. The third kappa shape index (κ3) is 2.62. The third-order valence-corrected chi connectivity index (χ3v) is 4.69. The van der Waals surface area contributed by atoms with Crippen molar-refractivity contribution in [3.63, 3.8) is 0 Å². The summed E-state index contributed by atoms with van der Waals surface area (Å²) in [6, 6.07) is 8.28. The number of halogens is 4. The number of aryl methyl sites for hydroxylation is 1. The first-order valence-corrected chi connectivity index (χ1v) is 8.35. The van der Waals surface area contributed by atoms with Crippen molar-refractivity contribution in [1.82, 2.24) is 4.98 Å². The van der Waals surface area contributed by atoms with E-state index < -0.39 is 16.3 Å². The maximum Gasteiger partial charge on any atom is 0.297 e. The quantitative estimate of drug-likeness (QED) is 0.634. The highest BCUT2D eigenvalue weighted by molar-refractivity contribution is 6.44. The lowest BCUT2D eigenvalue weighted by Crippen LogP contribution is -2.44. The second kappa shape index (κ2) is 5.78. The second-order valence-electron chi connectivity index (χ2n) is 6.37. The molecule has 0 fully saturated rings. The number of fused-ring (bicyclic) bond motifs is 1. The van der Waals surface area contributed by atoms with Crippen molar-refractivity contribution in [2.24, 2.45) is 4.99 Å². The van der Waals surface area contributed by atoms with E-state index in [9.17, 15) is 8.78 Å². The molecule has 0 radical (unpaired) electrons. The zero-order valence-corrected chi connectivity index (χ0v) is 15.0. The lowest BCUT2D eigenvalue weighted by Gasteiger charge is -2.37. The van der Waals surface area contributed by atoms with Gasteiger partial charge < -0.3 is 0 Å². The summed E-state index contributed by atoms with van der Waals surface area (Å²) in [5.74, 6) is -3.05. The zero-order valence-electron chi connectivity index (χ0n) is 13.4. The summed E-state index contributed by atoms with van der Waals surface area (Å²) in [4.78, 5) is 7.90. The Kier molecular flexibility index (Phi) is 4.17. The van der Waals surface area contributed by atoms with Crippen LogP contribution in [0.5, 0.6) is 0 Å². The lowest BCUT2D eigenvalue weighted by molar-refractivity contribution is -0.0681. The van der Waals surface area contributed by atoms with Crippen LogP contribution in [-0.4, -0.2) is 16.2 Å². The molecule has 0 unspecified atom stereocenters. The molecule has 2 nitrogen and oxygen atoms in total. The van der Waals surface area contributed by atoms with E-state index in [4.69, 9.17) is 23.2 Å². The first kappa shape index (κ1) is 17.3. The van der Waals surface area contributed by atoms with Crippen LogP contribution in [0.2, 0.25) is 0 Å². The monoisotopic (exact) mass is 368 g/mol. The van der Waals surface area contributed by atoms with Gasteiger partial charge in [-0.1, -0.05) is 47.5 Å². The molecule has 0 atom stereocenters. The number of aromatic nitrogens is 1. The van der Waals surface area contributed by atoms with Crippen LogP contribution in [0.1, 0.15) is 46.6 Å². The molecular formula is C18H16Cl2F2N2. The molecule has 0 spiro atoms. The average Bonchev–Trinajstić information content (AvgIpc) is 2.51. The van der Waals surface area contributed by atoms with E-state index in [0.29, 0.717) is 22.5 Å². The number of pyridine rings is 1. The lowest BCUT2D eigenvalue weighted by atomic mass is 9.81. The summed E-state index contributed by atoms with van der Waals surface area (Å²) < 4.78 is 29.5. The van der Waals surface area contributed by atoms with Gasteiger partial charge in [0.25, 0.3) is 5.92 Å². The molecule has 1 aromatic carbocycles. The van der Waals surface area contributed by atoms with Gasteiger partial charge in [-0.2, -0.15) is 8.78 Å². The minimum Gasteiger partial charge on any atom is -0.271 e. The van der Waals surface area contributed by atoms with E-state index in [-0.39, 0.29) is 5.56 Å². The van der Waals surface area contributed by atoms with Crippen molar-refractivity contribution >= 4 is 28.9 Å². The summed E-state index contributed by atoms with van der Waals surface area (Å²) in [5, 5.41) is 0. The molecule has 1 aliphatic heterocycles. The molecule has 3 rings (SSSR count). The Hall–Kier alpha value is -1.52. The fourth-order valence-electron chi connectivity index (χ4n) is 2.87. The number of aliphatic imine (C=N–C) groups is 1. The van der Waals surface area contributed by atoms with E-state index in [0.717, 1.165) is 5.56 Å². The van der Waals surface area contributed by atoms with Gasteiger partial charge in [0.15, 0.2) is 0 Å². The highest BCUT2D eigenvalue weighted by Crippen LogP contribution is 2.46. The van der Waals surface area contributed by atoms with E-state index >= 15 is 0 Å². The summed E-state index contributed by atoms with van der Waals surface area (Å²) in [6.45, 7) is 4.70. The first-order valence-electron chi connectivity index (χ1n) is 7.48. The van der Waals surface area contributed by atoms with Gasteiger partial charge in [0.1, 0.15) is 10.4 Å². The van der Waals surface area contributed by atoms with Crippen molar-refractivity contribution in [2.45, 2.75) is 37.1 Å². The number of benzene rings is 1. The van der Waals surface area contributed by atoms with E-state index in [1.165, 1.54) is 19.9 Å². The second-order valence-corrected chi connectivity index (χ2v) is 7.46. The van der Waals surface area contributed by atoms with Crippen molar-refractivity contribution in [3.8, 4) is 0 Å². The van der Waals surface area contributed by atoms with Crippen LogP contribution in [0.25, 0.3) is 0 Å². The minimum absolute atomic E-state index is 0.0192. The van der Waals surface area contributed by atoms with Crippen LogP contribution in [0.4, 0.5) is 8.78 Å². The van der Waals surface area contributed by atoms with Crippen LogP contribution in [-0.2, 0) is 5.92 Å². The Bertz CT molecular complexity index is 830. The maximum atomic E-state index is 14.8. The molecule has 1 aromatic heterocycles. The van der Waals surface area contributed by atoms with Crippen LogP contribution < -0.4 is 0 Å². The number of nitrogens with zero attached hydrogens (tertiary/aromatic N) is 2. The van der Waals surface area contributed by atoms with Gasteiger partial charge in [-0.15, -0.1) is 0 Å². The van der Waals surface area contributed by atoms with Crippen LogP contribution in [0.15, 0.2) is 41.5 Å². The average molecular weight is 369 g/mol. The molecule has 2 aromatic rings. The van der Waals surface area contributed by atoms with E-state index in [2.05, 4.69) is 9.98 Å². The predicted octanol–water partition coefficient (Wildman–Crippen LogP) is 5.59. The summed E-state index contributed by atoms with van der Waals surface area (Å²) >= 11 is 11.8. The zero-order chi connectivity index (χ0) is 17.7. The van der Waals surface area contributed by atoms with Crippen molar-refractivity contribution in [1.29, 1.82) is 0 Å². The molecule has 24 heavy (non-hydrogen) atoms. The van der Waals surface area contributed by atoms with Crippen LogP contribution >= 0.6 is 23.2 Å². The van der Waals surface area contributed by atoms with Gasteiger partial charge >= 0.3 is 0 Å². The van der Waals surface area contributed by atoms with Crippen molar-refractivity contribution in [3.05, 3.63) is 64.5 Å². The molecule has 6 heteroatoms. The topological polar surface area (TPSA) is 25.2 Å². The smallest absolute Gasteiger partial charge is 0.271 e. The first-order chi connectivity index (χ1) is 11.1. The van der Waals surface area contributed by atoms with Gasteiger partial charge in [-0.05, 0) is 32.4 Å². The molecule has 0 N–H and O–H groups in total. The summed E-state index contributed by atoms with van der Waals surface area (Å²) in [7, 11) is 0. The van der Waals surface area contributed by atoms with Crippen molar-refractivity contribution in [2.75, 3.05) is 0 Å². The minimum atomic E-state index is -3.05. The molecular weight excluding hydrogens is 353 g/mol. The van der Waals surface area contributed by atoms with Gasteiger partial charge in [-0.3, -0.25) is 9.98 Å². The Labute approximate surface area is 149 Å². The van der Waals surface area contributed by atoms with Gasteiger partial charge in [0.2, 0.25) is 0 Å². The Morgan fingerprint density at radius 2 is 1.79 bits per heavy atom. The van der Waals surface area contributed by atoms with E-state index in [1.807, 2.05) is 13.0 Å². The Morgan fingerprint density at radius 3 is 2.42 bits per heavy atom. The highest BCUT2D eigenvalue weighted by atomic mass is 35.5. The molecule has 0 bridgehead atoms. The molecule has 2 heterocycles. The predicted molar refractivity (Wildman–Crippen MR) is 93.5 cm³/mol. The maximum absolute atomic E-state index is 14.8. The van der Waals surface area contributed by atoms with Crippen molar-refractivity contribution < 1.29 is 8.78 Å². The highest BCUT2D eigenvalue weighted by Gasteiger charge is 2.52. The van der Waals surface area contributed by atoms with Gasteiger partial charge in [0, 0.05) is 22.9 Å². The van der Waals surface area contributed by atoms with E-state index in [1.54, 1.807) is 24.4 Å². The fraction of sp³-hybridized carbons (Fsp3) is 0.333. The molecule has 0 saturated heterocycles. The fourth-order valence-corrected chi connectivity index (χ4v) is 3.32. The molecule has 0 amide bonds. The number of rotatable bonds is 2.